The van der Waals surface area contributed by atoms with Gasteiger partial charge >= 0.3 is 0 Å². The van der Waals surface area contributed by atoms with Crippen LogP contribution >= 0.6 is 0 Å². The standard InChI is InChI=1S/C27H32N2O3/c1-29(18-8-4-3-5-9-18)27(31)22-13-7-12-21-19-10-6-11-20(19)25(28-26(21)22)17-14-15-23(30)24(16-17)32-2/h6-7,10,12-16,18-20,25,28,30H,3-5,8-9,11H2,1-2H3. The summed E-state index contributed by atoms with van der Waals surface area (Å²) in [7, 11) is 3.53. The highest BCUT2D eigenvalue weighted by molar-refractivity contribution is 6.01. The summed E-state index contributed by atoms with van der Waals surface area (Å²) in [5.41, 5.74) is 3.97. The Balaban J connectivity index is 1.52. The van der Waals surface area contributed by atoms with Crippen LogP contribution in [0.5, 0.6) is 11.5 Å². The van der Waals surface area contributed by atoms with Gasteiger partial charge in [0, 0.05) is 19.0 Å². The summed E-state index contributed by atoms with van der Waals surface area (Å²) in [6, 6.07) is 12.0. The van der Waals surface area contributed by atoms with Crippen molar-refractivity contribution in [3.63, 3.8) is 0 Å². The number of aromatic hydroxyl groups is 1. The average molecular weight is 433 g/mol. The molecule has 5 nitrogen and oxygen atoms in total. The van der Waals surface area contributed by atoms with Crippen molar-refractivity contribution in [1.29, 1.82) is 0 Å². The minimum absolute atomic E-state index is 0.0333. The molecule has 0 saturated heterocycles. The minimum Gasteiger partial charge on any atom is -0.504 e. The number of hydrogen-bond acceptors (Lipinski definition) is 4. The summed E-state index contributed by atoms with van der Waals surface area (Å²) in [6.07, 6.45) is 11.4. The number of rotatable bonds is 4. The maximum absolute atomic E-state index is 13.6. The second-order valence-electron chi connectivity index (χ2n) is 9.38. The number of carbonyl (C=O) groups is 1. The summed E-state index contributed by atoms with van der Waals surface area (Å²) >= 11 is 0. The number of allylic oxidation sites excluding steroid dienone is 2. The Morgan fingerprint density at radius 3 is 2.75 bits per heavy atom. The highest BCUT2D eigenvalue weighted by Gasteiger charge is 2.40. The van der Waals surface area contributed by atoms with Crippen LogP contribution in [0.25, 0.3) is 0 Å². The van der Waals surface area contributed by atoms with Crippen molar-refractivity contribution in [1.82, 2.24) is 4.90 Å². The zero-order valence-corrected chi connectivity index (χ0v) is 18.9. The summed E-state index contributed by atoms with van der Waals surface area (Å²) in [4.78, 5) is 15.6. The number of ether oxygens (including phenoxy) is 1. The fourth-order valence-corrected chi connectivity index (χ4v) is 5.84. The van der Waals surface area contributed by atoms with Crippen molar-refractivity contribution in [2.75, 3.05) is 19.5 Å². The molecule has 2 N–H and O–H groups in total. The third-order valence-corrected chi connectivity index (χ3v) is 7.63. The molecule has 2 aromatic carbocycles. The predicted octanol–water partition coefficient (Wildman–Crippen LogP) is 5.63. The zero-order valence-electron chi connectivity index (χ0n) is 18.9. The van der Waals surface area contributed by atoms with Gasteiger partial charge in [-0.05, 0) is 54.5 Å². The van der Waals surface area contributed by atoms with Crippen molar-refractivity contribution < 1.29 is 14.6 Å². The monoisotopic (exact) mass is 432 g/mol. The molecule has 2 aliphatic carbocycles. The Kier molecular flexibility index (Phi) is 5.58. The molecule has 168 valence electrons. The van der Waals surface area contributed by atoms with Gasteiger partial charge in [0.2, 0.25) is 0 Å². The van der Waals surface area contributed by atoms with Crippen LogP contribution in [0, 0.1) is 5.92 Å². The third-order valence-electron chi connectivity index (χ3n) is 7.63. The first-order valence-corrected chi connectivity index (χ1v) is 11.8. The van der Waals surface area contributed by atoms with E-state index in [4.69, 9.17) is 4.74 Å². The molecule has 1 fully saturated rings. The summed E-state index contributed by atoms with van der Waals surface area (Å²) in [5.74, 6) is 1.34. The molecule has 3 atom stereocenters. The fraction of sp³-hybridized carbons (Fsp3) is 0.444. The predicted molar refractivity (Wildman–Crippen MR) is 126 cm³/mol. The van der Waals surface area contributed by atoms with Gasteiger partial charge in [-0.3, -0.25) is 4.79 Å². The van der Waals surface area contributed by atoms with Crippen LogP contribution in [-0.2, 0) is 0 Å². The smallest absolute Gasteiger partial charge is 0.255 e. The molecule has 32 heavy (non-hydrogen) atoms. The van der Waals surface area contributed by atoms with Gasteiger partial charge in [0.25, 0.3) is 5.91 Å². The SMILES string of the molecule is COc1cc(C2Nc3c(C(=O)N(C)C4CCCCC4)cccc3C3C=CCC32)ccc1O. The molecule has 0 radical (unpaired) electrons. The van der Waals surface area contributed by atoms with E-state index in [0.717, 1.165) is 36.1 Å². The molecule has 3 unspecified atom stereocenters. The number of benzene rings is 2. The number of fused-ring (bicyclic) bond motifs is 3. The third kappa shape index (κ3) is 3.54. The van der Waals surface area contributed by atoms with Gasteiger partial charge in [-0.2, -0.15) is 0 Å². The lowest BCUT2D eigenvalue weighted by Gasteiger charge is -2.39. The molecule has 2 aromatic rings. The van der Waals surface area contributed by atoms with Crippen LogP contribution < -0.4 is 10.1 Å². The molecule has 3 aliphatic rings. The molecular formula is C27H32N2O3. The Hall–Kier alpha value is -2.95. The Bertz CT molecular complexity index is 1040. The Labute approximate surface area is 190 Å². The van der Waals surface area contributed by atoms with Crippen LogP contribution in [0.15, 0.2) is 48.6 Å². The lowest BCUT2D eigenvalue weighted by Crippen LogP contribution is -2.39. The van der Waals surface area contributed by atoms with Crippen molar-refractivity contribution in [2.24, 2.45) is 5.92 Å². The number of para-hydroxylation sites is 1. The molecule has 0 aromatic heterocycles. The lowest BCUT2D eigenvalue weighted by molar-refractivity contribution is 0.0697. The van der Waals surface area contributed by atoms with E-state index in [9.17, 15) is 9.90 Å². The molecule has 1 heterocycles. The summed E-state index contributed by atoms with van der Waals surface area (Å²) in [5, 5.41) is 13.8. The Morgan fingerprint density at radius 2 is 1.97 bits per heavy atom. The van der Waals surface area contributed by atoms with E-state index in [1.165, 1.54) is 24.8 Å². The van der Waals surface area contributed by atoms with Crippen LogP contribution in [0.4, 0.5) is 5.69 Å². The molecule has 1 aliphatic heterocycles. The van der Waals surface area contributed by atoms with Gasteiger partial charge in [0.05, 0.1) is 24.4 Å². The summed E-state index contributed by atoms with van der Waals surface area (Å²) < 4.78 is 5.36. The fourth-order valence-electron chi connectivity index (χ4n) is 5.84. The van der Waals surface area contributed by atoms with Crippen molar-refractivity contribution >= 4 is 11.6 Å². The highest BCUT2D eigenvalue weighted by atomic mass is 16.5. The lowest BCUT2D eigenvalue weighted by atomic mass is 9.76. The zero-order chi connectivity index (χ0) is 22.2. The second-order valence-corrected chi connectivity index (χ2v) is 9.38. The molecule has 0 spiro atoms. The van der Waals surface area contributed by atoms with E-state index in [0.29, 0.717) is 17.7 Å². The maximum atomic E-state index is 13.6. The number of phenols is 1. The van der Waals surface area contributed by atoms with E-state index in [1.54, 1.807) is 13.2 Å². The molecule has 1 amide bonds. The number of carbonyl (C=O) groups excluding carboxylic acids is 1. The van der Waals surface area contributed by atoms with Crippen molar-refractivity contribution in [3.05, 3.63) is 65.2 Å². The molecule has 5 heteroatoms. The normalized spacial score (nSPS) is 24.4. The first-order valence-electron chi connectivity index (χ1n) is 11.8. The van der Waals surface area contributed by atoms with E-state index in [2.05, 4.69) is 23.5 Å². The topological polar surface area (TPSA) is 61.8 Å². The first-order chi connectivity index (χ1) is 15.6. The van der Waals surface area contributed by atoms with Crippen LogP contribution in [-0.4, -0.2) is 36.1 Å². The van der Waals surface area contributed by atoms with Gasteiger partial charge < -0.3 is 20.1 Å². The number of anilines is 1. The van der Waals surface area contributed by atoms with Crippen molar-refractivity contribution in [2.45, 2.75) is 56.5 Å². The summed E-state index contributed by atoms with van der Waals surface area (Å²) in [6.45, 7) is 0. The number of methoxy groups -OCH3 is 1. The van der Waals surface area contributed by atoms with E-state index < -0.39 is 0 Å². The van der Waals surface area contributed by atoms with Gasteiger partial charge in [0.15, 0.2) is 11.5 Å². The number of nitrogens with one attached hydrogen (secondary N) is 1. The number of phenolic OH excluding ortho intramolecular Hbond substituents is 1. The average Bonchev–Trinajstić information content (AvgIpc) is 3.33. The molecule has 1 saturated carbocycles. The first kappa shape index (κ1) is 20.9. The van der Waals surface area contributed by atoms with Gasteiger partial charge in [-0.15, -0.1) is 0 Å². The van der Waals surface area contributed by atoms with Gasteiger partial charge in [-0.25, -0.2) is 0 Å². The van der Waals surface area contributed by atoms with Crippen LogP contribution in [0.1, 0.15) is 72.0 Å². The molecule has 0 bridgehead atoms. The van der Waals surface area contributed by atoms with E-state index >= 15 is 0 Å². The second kappa shape index (κ2) is 8.53. The molecular weight excluding hydrogens is 400 g/mol. The van der Waals surface area contributed by atoms with Gasteiger partial charge in [0.1, 0.15) is 0 Å². The molecule has 5 rings (SSSR count). The quantitative estimate of drug-likeness (QED) is 0.615. The van der Waals surface area contributed by atoms with E-state index in [-0.39, 0.29) is 23.6 Å². The number of hydrogen-bond donors (Lipinski definition) is 2. The minimum atomic E-state index is 0.0333. The van der Waals surface area contributed by atoms with Gasteiger partial charge in [-0.1, -0.05) is 49.6 Å². The van der Waals surface area contributed by atoms with Crippen molar-refractivity contribution in [3.8, 4) is 11.5 Å². The highest BCUT2D eigenvalue weighted by Crippen LogP contribution is 2.51. The van der Waals surface area contributed by atoms with Crippen LogP contribution in [0.3, 0.4) is 0 Å². The largest absolute Gasteiger partial charge is 0.504 e. The number of nitrogens with zero attached hydrogens (tertiary/aromatic N) is 1. The van der Waals surface area contributed by atoms with Crippen LogP contribution in [0.2, 0.25) is 0 Å². The number of amides is 1. The van der Waals surface area contributed by atoms with E-state index in [1.807, 2.05) is 36.2 Å². The maximum Gasteiger partial charge on any atom is 0.255 e. The Morgan fingerprint density at radius 1 is 1.16 bits per heavy atom.